The maximum Gasteiger partial charge on any atom is 0.223 e. The van der Waals surface area contributed by atoms with E-state index in [1.807, 2.05) is 25.2 Å². The number of likely N-dealkylation sites (N-methyl/N-ethyl adjacent to an activating group) is 1. The van der Waals surface area contributed by atoms with Gasteiger partial charge in [-0.2, -0.15) is 0 Å². The molecule has 1 heterocycles. The van der Waals surface area contributed by atoms with Crippen molar-refractivity contribution in [2.24, 2.45) is 11.7 Å². The van der Waals surface area contributed by atoms with Crippen LogP contribution < -0.4 is 5.73 Å². The van der Waals surface area contributed by atoms with Crippen molar-refractivity contribution in [3.63, 3.8) is 0 Å². The average Bonchev–Trinajstić information content (AvgIpc) is 2.52. The summed E-state index contributed by atoms with van der Waals surface area (Å²) in [6, 6.07) is 7.84. The highest BCUT2D eigenvalue weighted by Gasteiger charge is 2.24. The highest BCUT2D eigenvalue weighted by Crippen LogP contribution is 2.15. The molecule has 1 amide bonds. The molecule has 1 aliphatic rings. The number of benzene rings is 1. The van der Waals surface area contributed by atoms with E-state index < -0.39 is 0 Å². The molecule has 2 rings (SSSR count). The van der Waals surface area contributed by atoms with E-state index in [-0.39, 0.29) is 11.8 Å². The van der Waals surface area contributed by atoms with Gasteiger partial charge in [0.25, 0.3) is 0 Å². The summed E-state index contributed by atoms with van der Waals surface area (Å²) >= 11 is 6.00. The van der Waals surface area contributed by atoms with E-state index >= 15 is 0 Å². The number of primary amides is 1. The zero-order valence-corrected chi connectivity index (χ0v) is 11.9. The van der Waals surface area contributed by atoms with Gasteiger partial charge in [0, 0.05) is 37.7 Å². The molecule has 1 aliphatic heterocycles. The minimum atomic E-state index is -0.218. The van der Waals surface area contributed by atoms with Crippen LogP contribution in [0.1, 0.15) is 5.56 Å². The lowest BCUT2D eigenvalue weighted by molar-refractivity contribution is -0.122. The molecular formula is C14H20ClN3O. The molecule has 0 bridgehead atoms. The summed E-state index contributed by atoms with van der Waals surface area (Å²) in [5.74, 6) is -0.323. The Morgan fingerprint density at radius 2 is 2.21 bits per heavy atom. The topological polar surface area (TPSA) is 49.6 Å². The van der Waals surface area contributed by atoms with E-state index in [9.17, 15) is 4.79 Å². The number of carbonyl (C=O) groups excluding carboxylic acids is 1. The number of nitrogens with two attached hydrogens (primary N) is 1. The van der Waals surface area contributed by atoms with Crippen LogP contribution in [0.3, 0.4) is 0 Å². The summed E-state index contributed by atoms with van der Waals surface area (Å²) in [5.41, 5.74) is 6.63. The van der Waals surface area contributed by atoms with Crippen LogP contribution in [0.25, 0.3) is 0 Å². The van der Waals surface area contributed by atoms with Crippen molar-refractivity contribution >= 4 is 17.5 Å². The number of halogens is 1. The molecule has 5 heteroatoms. The van der Waals surface area contributed by atoms with Gasteiger partial charge >= 0.3 is 0 Å². The highest BCUT2D eigenvalue weighted by molar-refractivity contribution is 6.30. The third-order valence-electron chi connectivity index (χ3n) is 3.51. The first-order valence-electron chi connectivity index (χ1n) is 6.49. The number of carbonyl (C=O) groups is 1. The Bertz CT molecular complexity index is 452. The SMILES string of the molecule is CN1CCN(Cc2cccc(Cl)c2)CC(C(N)=O)C1. The lowest BCUT2D eigenvalue weighted by Crippen LogP contribution is -2.37. The van der Waals surface area contributed by atoms with Crippen molar-refractivity contribution in [3.05, 3.63) is 34.9 Å². The number of amides is 1. The molecule has 1 saturated heterocycles. The molecule has 4 nitrogen and oxygen atoms in total. The van der Waals surface area contributed by atoms with E-state index in [1.54, 1.807) is 0 Å². The second kappa shape index (κ2) is 6.37. The van der Waals surface area contributed by atoms with Gasteiger partial charge in [-0.05, 0) is 24.7 Å². The van der Waals surface area contributed by atoms with Gasteiger partial charge in [0.1, 0.15) is 0 Å². The Labute approximate surface area is 119 Å². The molecule has 0 radical (unpaired) electrons. The zero-order chi connectivity index (χ0) is 13.8. The predicted molar refractivity (Wildman–Crippen MR) is 76.9 cm³/mol. The van der Waals surface area contributed by atoms with E-state index in [0.29, 0.717) is 6.54 Å². The number of hydrogen-bond acceptors (Lipinski definition) is 3. The normalized spacial score (nSPS) is 22.1. The van der Waals surface area contributed by atoms with Crippen molar-refractivity contribution in [2.45, 2.75) is 6.54 Å². The molecule has 0 aliphatic carbocycles. The van der Waals surface area contributed by atoms with E-state index in [1.165, 1.54) is 5.56 Å². The number of hydrogen-bond donors (Lipinski definition) is 1. The Hall–Kier alpha value is -1.10. The Morgan fingerprint density at radius 1 is 1.42 bits per heavy atom. The van der Waals surface area contributed by atoms with Gasteiger partial charge < -0.3 is 10.6 Å². The third-order valence-corrected chi connectivity index (χ3v) is 3.74. The highest BCUT2D eigenvalue weighted by atomic mass is 35.5. The quantitative estimate of drug-likeness (QED) is 0.905. The van der Waals surface area contributed by atoms with Crippen molar-refractivity contribution in [2.75, 3.05) is 33.2 Å². The smallest absolute Gasteiger partial charge is 0.223 e. The second-order valence-corrected chi connectivity index (χ2v) is 5.66. The Morgan fingerprint density at radius 3 is 2.89 bits per heavy atom. The molecule has 0 spiro atoms. The fourth-order valence-corrected chi connectivity index (χ4v) is 2.67. The summed E-state index contributed by atoms with van der Waals surface area (Å²) in [6.07, 6.45) is 0. The summed E-state index contributed by atoms with van der Waals surface area (Å²) in [6.45, 7) is 4.14. The monoisotopic (exact) mass is 281 g/mol. The zero-order valence-electron chi connectivity index (χ0n) is 11.2. The minimum Gasteiger partial charge on any atom is -0.369 e. The molecule has 104 valence electrons. The van der Waals surface area contributed by atoms with Gasteiger partial charge in [0.05, 0.1) is 5.92 Å². The average molecular weight is 282 g/mol. The maximum atomic E-state index is 11.5. The summed E-state index contributed by atoms with van der Waals surface area (Å²) in [7, 11) is 2.03. The first kappa shape index (κ1) is 14.3. The van der Waals surface area contributed by atoms with Crippen LogP contribution in [0.5, 0.6) is 0 Å². The number of rotatable bonds is 3. The molecule has 2 N–H and O–H groups in total. The summed E-state index contributed by atoms with van der Waals surface area (Å²) in [5, 5.41) is 0.746. The lowest BCUT2D eigenvalue weighted by atomic mass is 10.1. The van der Waals surface area contributed by atoms with Gasteiger partial charge in [-0.1, -0.05) is 23.7 Å². The third kappa shape index (κ3) is 4.20. The van der Waals surface area contributed by atoms with Crippen LogP contribution in [0.2, 0.25) is 5.02 Å². The van der Waals surface area contributed by atoms with Crippen molar-refractivity contribution < 1.29 is 4.79 Å². The largest absolute Gasteiger partial charge is 0.369 e. The van der Waals surface area contributed by atoms with E-state index in [2.05, 4.69) is 15.9 Å². The molecule has 1 unspecified atom stereocenters. The minimum absolute atomic E-state index is 0.105. The molecule has 0 aromatic heterocycles. The van der Waals surface area contributed by atoms with Gasteiger partial charge in [-0.3, -0.25) is 9.69 Å². The lowest BCUT2D eigenvalue weighted by Gasteiger charge is -2.22. The molecule has 1 fully saturated rings. The van der Waals surface area contributed by atoms with Crippen LogP contribution in [0, 0.1) is 5.92 Å². The molecular weight excluding hydrogens is 262 g/mol. The Balaban J connectivity index is 2.04. The van der Waals surface area contributed by atoms with Gasteiger partial charge in [0.2, 0.25) is 5.91 Å². The fourth-order valence-electron chi connectivity index (χ4n) is 2.46. The number of nitrogens with zero attached hydrogens (tertiary/aromatic N) is 2. The Kier molecular flexibility index (Phi) is 4.80. The molecule has 1 aromatic rings. The first-order chi connectivity index (χ1) is 9.04. The summed E-state index contributed by atoms with van der Waals surface area (Å²) < 4.78 is 0. The van der Waals surface area contributed by atoms with Crippen molar-refractivity contribution in [3.8, 4) is 0 Å². The molecule has 0 saturated carbocycles. The van der Waals surface area contributed by atoms with E-state index in [0.717, 1.165) is 31.2 Å². The van der Waals surface area contributed by atoms with Crippen molar-refractivity contribution in [1.82, 2.24) is 9.80 Å². The summed E-state index contributed by atoms with van der Waals surface area (Å²) in [4.78, 5) is 15.9. The maximum absolute atomic E-state index is 11.5. The second-order valence-electron chi connectivity index (χ2n) is 5.23. The predicted octanol–water partition coefficient (Wildman–Crippen LogP) is 1.19. The van der Waals surface area contributed by atoms with Crippen LogP contribution >= 0.6 is 11.6 Å². The van der Waals surface area contributed by atoms with Crippen LogP contribution in [0.15, 0.2) is 24.3 Å². The fraction of sp³-hybridized carbons (Fsp3) is 0.500. The standard InChI is InChI=1S/C14H20ClN3O/c1-17-5-6-18(10-12(9-17)14(16)19)8-11-3-2-4-13(15)7-11/h2-4,7,12H,5-6,8-10H2,1H3,(H2,16,19). The van der Waals surface area contributed by atoms with Crippen LogP contribution in [-0.4, -0.2) is 48.9 Å². The first-order valence-corrected chi connectivity index (χ1v) is 6.87. The van der Waals surface area contributed by atoms with Gasteiger partial charge in [0.15, 0.2) is 0 Å². The van der Waals surface area contributed by atoms with Gasteiger partial charge in [-0.15, -0.1) is 0 Å². The van der Waals surface area contributed by atoms with Crippen LogP contribution in [0.4, 0.5) is 0 Å². The van der Waals surface area contributed by atoms with Crippen LogP contribution in [-0.2, 0) is 11.3 Å². The molecule has 1 atom stereocenters. The van der Waals surface area contributed by atoms with Crippen molar-refractivity contribution in [1.29, 1.82) is 0 Å². The molecule has 19 heavy (non-hydrogen) atoms. The molecule has 1 aromatic carbocycles. The van der Waals surface area contributed by atoms with E-state index in [4.69, 9.17) is 17.3 Å². The van der Waals surface area contributed by atoms with Gasteiger partial charge in [-0.25, -0.2) is 0 Å².